The monoisotopic (exact) mass is 367 g/mol. The lowest BCUT2D eigenvalue weighted by molar-refractivity contribution is 0.0691. The lowest BCUT2D eigenvalue weighted by atomic mass is 10.2. The summed E-state index contributed by atoms with van der Waals surface area (Å²) in [7, 11) is -4.15. The number of benzene rings is 1. The molecule has 1 aliphatic rings. The van der Waals surface area contributed by atoms with Gasteiger partial charge in [0.25, 0.3) is 0 Å². The van der Waals surface area contributed by atoms with E-state index in [2.05, 4.69) is 0 Å². The molecule has 1 aromatic carbocycles. The second-order valence-electron chi connectivity index (χ2n) is 6.10. The van der Waals surface area contributed by atoms with Gasteiger partial charge in [-0.25, -0.2) is 17.6 Å². The zero-order valence-corrected chi connectivity index (χ0v) is 14.6. The van der Waals surface area contributed by atoms with E-state index >= 15 is 0 Å². The van der Waals surface area contributed by atoms with Gasteiger partial charge in [-0.05, 0) is 32.8 Å². The maximum absolute atomic E-state index is 14.0. The number of sulfonamides is 1. The van der Waals surface area contributed by atoms with Gasteiger partial charge in [0.2, 0.25) is 10.0 Å². The predicted octanol–water partition coefficient (Wildman–Crippen LogP) is 3.09. The Morgan fingerprint density at radius 1 is 1.28 bits per heavy atom. The second-order valence-corrected chi connectivity index (χ2v) is 7.92. The summed E-state index contributed by atoms with van der Waals surface area (Å²) >= 11 is 0. The standard InChI is InChI=1S/C17H18FNO5S/c1-10-15(17(20)21)16(11(2)24-10)25(22,23)19(13-7-8-13)9-12-5-3-4-6-14(12)18/h3-6,13H,7-9H2,1-2H3,(H,20,21). The molecule has 1 N–H and O–H groups in total. The minimum atomic E-state index is -4.15. The van der Waals surface area contributed by atoms with Crippen molar-refractivity contribution < 1.29 is 27.1 Å². The van der Waals surface area contributed by atoms with Crippen molar-refractivity contribution in [3.05, 3.63) is 52.7 Å². The molecule has 0 saturated heterocycles. The smallest absolute Gasteiger partial charge is 0.340 e. The Kier molecular flexibility index (Phi) is 4.42. The fourth-order valence-corrected chi connectivity index (χ4v) is 4.95. The van der Waals surface area contributed by atoms with Crippen LogP contribution in [0.5, 0.6) is 0 Å². The van der Waals surface area contributed by atoms with Gasteiger partial charge in [-0.15, -0.1) is 0 Å². The van der Waals surface area contributed by atoms with Crippen LogP contribution in [0.15, 0.2) is 33.6 Å². The molecular formula is C17H18FNO5S. The van der Waals surface area contributed by atoms with Crippen LogP contribution in [-0.4, -0.2) is 29.8 Å². The molecular weight excluding hydrogens is 349 g/mol. The number of furan rings is 1. The van der Waals surface area contributed by atoms with Crippen molar-refractivity contribution in [3.63, 3.8) is 0 Å². The van der Waals surface area contributed by atoms with E-state index in [0.717, 1.165) is 0 Å². The molecule has 0 bridgehead atoms. The lowest BCUT2D eigenvalue weighted by Gasteiger charge is -2.22. The Labute approximate surface area is 144 Å². The highest BCUT2D eigenvalue weighted by atomic mass is 32.2. The molecule has 8 heteroatoms. The van der Waals surface area contributed by atoms with E-state index in [4.69, 9.17) is 4.42 Å². The highest BCUT2D eigenvalue weighted by Gasteiger charge is 2.42. The molecule has 1 fully saturated rings. The lowest BCUT2D eigenvalue weighted by Crippen LogP contribution is -2.34. The molecule has 2 aromatic rings. The predicted molar refractivity (Wildman–Crippen MR) is 87.3 cm³/mol. The van der Waals surface area contributed by atoms with Crippen LogP contribution in [0.25, 0.3) is 0 Å². The first-order chi connectivity index (χ1) is 11.7. The van der Waals surface area contributed by atoms with Crippen LogP contribution in [0.1, 0.15) is 40.3 Å². The van der Waals surface area contributed by atoms with Gasteiger partial charge >= 0.3 is 5.97 Å². The first-order valence-corrected chi connectivity index (χ1v) is 9.26. The van der Waals surface area contributed by atoms with Crippen molar-refractivity contribution >= 4 is 16.0 Å². The largest absolute Gasteiger partial charge is 0.478 e. The molecule has 6 nitrogen and oxygen atoms in total. The molecule has 25 heavy (non-hydrogen) atoms. The second kappa shape index (κ2) is 6.27. The quantitative estimate of drug-likeness (QED) is 0.848. The first kappa shape index (κ1) is 17.6. The maximum Gasteiger partial charge on any atom is 0.340 e. The molecule has 0 spiro atoms. The van der Waals surface area contributed by atoms with Gasteiger partial charge in [0.15, 0.2) is 0 Å². The summed E-state index contributed by atoms with van der Waals surface area (Å²) in [6.07, 6.45) is 1.32. The van der Waals surface area contributed by atoms with Gasteiger partial charge in [0.05, 0.1) is 0 Å². The van der Waals surface area contributed by atoms with Crippen molar-refractivity contribution in [1.29, 1.82) is 0 Å². The van der Waals surface area contributed by atoms with Gasteiger partial charge in [0.1, 0.15) is 27.8 Å². The summed E-state index contributed by atoms with van der Waals surface area (Å²) < 4.78 is 46.8. The Bertz CT molecular complexity index is 931. The van der Waals surface area contributed by atoms with Crippen LogP contribution >= 0.6 is 0 Å². The molecule has 0 aliphatic heterocycles. The van der Waals surface area contributed by atoms with Crippen LogP contribution in [0.4, 0.5) is 4.39 Å². The van der Waals surface area contributed by atoms with Crippen molar-refractivity contribution in [3.8, 4) is 0 Å². The summed E-state index contributed by atoms with van der Waals surface area (Å²) in [5, 5.41) is 9.39. The van der Waals surface area contributed by atoms with Crippen LogP contribution in [0.3, 0.4) is 0 Å². The highest BCUT2D eigenvalue weighted by molar-refractivity contribution is 7.89. The number of hydrogen-bond donors (Lipinski definition) is 1. The van der Waals surface area contributed by atoms with E-state index in [0.29, 0.717) is 12.8 Å². The minimum absolute atomic E-state index is 0.0223. The number of carbonyl (C=O) groups is 1. The zero-order valence-electron chi connectivity index (χ0n) is 13.8. The number of carboxylic acids is 1. The van der Waals surface area contributed by atoms with E-state index in [1.807, 2.05) is 0 Å². The van der Waals surface area contributed by atoms with Crippen LogP contribution in [0, 0.1) is 19.7 Å². The fraction of sp³-hybridized carbons (Fsp3) is 0.353. The number of aromatic carboxylic acids is 1. The van der Waals surface area contributed by atoms with Crippen molar-refractivity contribution in [1.82, 2.24) is 4.31 Å². The Hall–Kier alpha value is -2.19. The van der Waals surface area contributed by atoms with Crippen LogP contribution in [0.2, 0.25) is 0 Å². The summed E-state index contributed by atoms with van der Waals surface area (Å²) in [5.41, 5.74) is -0.121. The van der Waals surface area contributed by atoms with Gasteiger partial charge in [-0.3, -0.25) is 0 Å². The van der Waals surface area contributed by atoms with E-state index < -0.39 is 21.8 Å². The van der Waals surface area contributed by atoms with Crippen molar-refractivity contribution in [2.75, 3.05) is 0 Å². The molecule has 0 unspecified atom stereocenters. The molecule has 0 radical (unpaired) electrons. The van der Waals surface area contributed by atoms with Gasteiger partial charge in [0, 0.05) is 18.2 Å². The Morgan fingerprint density at radius 2 is 1.92 bits per heavy atom. The fourth-order valence-electron chi connectivity index (χ4n) is 2.91. The first-order valence-electron chi connectivity index (χ1n) is 7.82. The van der Waals surface area contributed by atoms with Gasteiger partial charge in [-0.2, -0.15) is 4.31 Å². The van der Waals surface area contributed by atoms with Crippen molar-refractivity contribution in [2.45, 2.75) is 44.2 Å². The summed E-state index contributed by atoms with van der Waals surface area (Å²) in [6, 6.07) is 5.68. The van der Waals surface area contributed by atoms with Crippen molar-refractivity contribution in [2.24, 2.45) is 0 Å². The zero-order chi connectivity index (χ0) is 18.4. The molecule has 3 rings (SSSR count). The molecule has 0 amide bonds. The third kappa shape index (κ3) is 3.19. The number of hydrogen-bond acceptors (Lipinski definition) is 4. The molecule has 1 heterocycles. The summed E-state index contributed by atoms with van der Waals surface area (Å²) in [4.78, 5) is 11.2. The van der Waals surface area contributed by atoms with E-state index in [-0.39, 0.29) is 40.1 Å². The van der Waals surface area contributed by atoms with E-state index in [1.54, 1.807) is 6.07 Å². The third-order valence-corrected chi connectivity index (χ3v) is 6.28. The minimum Gasteiger partial charge on any atom is -0.478 e. The third-order valence-electron chi connectivity index (χ3n) is 4.22. The Morgan fingerprint density at radius 3 is 2.48 bits per heavy atom. The topological polar surface area (TPSA) is 87.8 Å². The van der Waals surface area contributed by atoms with Crippen LogP contribution in [-0.2, 0) is 16.6 Å². The number of carboxylic acid groups (broad SMARTS) is 1. The maximum atomic E-state index is 14.0. The summed E-state index contributed by atoms with van der Waals surface area (Å²) in [5.74, 6) is -1.81. The SMILES string of the molecule is Cc1oc(C)c(S(=O)(=O)N(Cc2ccccc2F)C2CC2)c1C(=O)O. The highest BCUT2D eigenvalue weighted by Crippen LogP contribution is 2.37. The number of nitrogens with zero attached hydrogens (tertiary/aromatic N) is 1. The van der Waals surface area contributed by atoms with Gasteiger partial charge < -0.3 is 9.52 Å². The normalized spacial score (nSPS) is 14.9. The van der Waals surface area contributed by atoms with E-state index in [9.17, 15) is 22.7 Å². The number of rotatable bonds is 6. The van der Waals surface area contributed by atoms with Gasteiger partial charge in [-0.1, -0.05) is 18.2 Å². The molecule has 1 saturated carbocycles. The molecule has 1 aromatic heterocycles. The molecule has 1 aliphatic carbocycles. The molecule has 134 valence electrons. The number of aryl methyl sites for hydroxylation is 2. The van der Waals surface area contributed by atoms with E-state index in [1.165, 1.54) is 36.4 Å². The Balaban J connectivity index is 2.08. The molecule has 0 atom stereocenters. The average molecular weight is 367 g/mol. The summed E-state index contributed by atoms with van der Waals surface area (Å²) in [6.45, 7) is 2.68. The number of halogens is 1. The van der Waals surface area contributed by atoms with Crippen LogP contribution < -0.4 is 0 Å². The average Bonchev–Trinajstić information content (AvgIpc) is 3.30.